The van der Waals surface area contributed by atoms with Crippen LogP contribution in [0.3, 0.4) is 0 Å². The first-order valence-electron chi connectivity index (χ1n) is 6.56. The van der Waals surface area contributed by atoms with Gasteiger partial charge >= 0.3 is 0 Å². The highest BCUT2D eigenvalue weighted by molar-refractivity contribution is 5.30. The lowest BCUT2D eigenvalue weighted by Crippen LogP contribution is -2.01. The summed E-state index contributed by atoms with van der Waals surface area (Å²) in [5.74, 6) is 1.01. The van der Waals surface area contributed by atoms with Crippen molar-refractivity contribution in [2.45, 2.75) is 38.4 Å². The van der Waals surface area contributed by atoms with Gasteiger partial charge in [-0.25, -0.2) is 4.39 Å². The Balaban J connectivity index is 1.65. The van der Waals surface area contributed by atoms with Gasteiger partial charge < -0.3 is 14.4 Å². The van der Waals surface area contributed by atoms with E-state index in [4.69, 9.17) is 9.26 Å². The molecule has 1 aromatic carbocycles. The third-order valence-corrected chi connectivity index (χ3v) is 3.21. The molecule has 0 saturated heterocycles. The number of benzene rings is 1. The highest BCUT2D eigenvalue weighted by Crippen LogP contribution is 2.38. The molecule has 1 aromatic heterocycles. The van der Waals surface area contributed by atoms with Crippen LogP contribution in [0.15, 0.2) is 22.7 Å². The van der Waals surface area contributed by atoms with E-state index >= 15 is 0 Å². The van der Waals surface area contributed by atoms with Crippen LogP contribution in [0.5, 0.6) is 5.75 Å². The number of nitrogens with zero attached hydrogens (tertiary/aromatic N) is 2. The number of rotatable bonds is 5. The van der Waals surface area contributed by atoms with Gasteiger partial charge in [-0.3, -0.25) is 0 Å². The maximum absolute atomic E-state index is 13.8. The minimum Gasteiger partial charge on any atom is -0.482 e. The standard InChI is InChI=1S/C14H15FN2O3/c1-8(18)10-4-5-12(11(15)6-10)19-7-13-16-14(20-17-13)9-2-3-9/h4-6,8-9,18H,2-3,7H2,1H3. The number of aliphatic hydroxyl groups excluding tert-OH is 1. The molecule has 1 heterocycles. The number of aliphatic hydroxyl groups is 1. The molecule has 0 spiro atoms. The van der Waals surface area contributed by atoms with Gasteiger partial charge in [0.05, 0.1) is 6.10 Å². The number of ether oxygens (including phenoxy) is 1. The van der Waals surface area contributed by atoms with E-state index in [1.807, 2.05) is 0 Å². The second kappa shape index (κ2) is 5.20. The van der Waals surface area contributed by atoms with Crippen molar-refractivity contribution in [3.05, 3.63) is 41.3 Å². The third kappa shape index (κ3) is 2.80. The SMILES string of the molecule is CC(O)c1ccc(OCc2noc(C3CC3)n2)c(F)c1. The van der Waals surface area contributed by atoms with Crippen molar-refractivity contribution in [1.29, 1.82) is 0 Å². The van der Waals surface area contributed by atoms with Gasteiger partial charge in [-0.15, -0.1) is 0 Å². The summed E-state index contributed by atoms with van der Waals surface area (Å²) in [5, 5.41) is 13.2. The lowest BCUT2D eigenvalue weighted by Gasteiger charge is -2.08. The first-order valence-corrected chi connectivity index (χ1v) is 6.56. The Bertz CT molecular complexity index is 608. The molecule has 1 N–H and O–H groups in total. The summed E-state index contributed by atoms with van der Waals surface area (Å²) in [6, 6.07) is 4.36. The molecule has 1 aliphatic carbocycles. The molecular weight excluding hydrogens is 263 g/mol. The van der Waals surface area contributed by atoms with E-state index in [0.29, 0.717) is 23.2 Å². The van der Waals surface area contributed by atoms with Crippen LogP contribution in [-0.2, 0) is 6.61 Å². The van der Waals surface area contributed by atoms with Crippen LogP contribution in [-0.4, -0.2) is 15.2 Å². The molecule has 3 rings (SSSR count). The van der Waals surface area contributed by atoms with E-state index in [1.54, 1.807) is 13.0 Å². The van der Waals surface area contributed by atoms with E-state index in [2.05, 4.69) is 10.1 Å². The van der Waals surface area contributed by atoms with E-state index in [-0.39, 0.29) is 12.4 Å². The summed E-state index contributed by atoms with van der Waals surface area (Å²) in [4.78, 5) is 4.20. The molecule has 1 saturated carbocycles. The van der Waals surface area contributed by atoms with Gasteiger partial charge in [0.2, 0.25) is 11.7 Å². The zero-order chi connectivity index (χ0) is 14.1. The molecule has 106 valence electrons. The molecule has 0 radical (unpaired) electrons. The van der Waals surface area contributed by atoms with Gasteiger partial charge in [0.15, 0.2) is 18.2 Å². The molecule has 5 nitrogen and oxygen atoms in total. The van der Waals surface area contributed by atoms with Crippen LogP contribution in [0.25, 0.3) is 0 Å². The Morgan fingerprint density at radius 1 is 1.50 bits per heavy atom. The van der Waals surface area contributed by atoms with Crippen LogP contribution in [0.4, 0.5) is 4.39 Å². The average molecular weight is 278 g/mol. The van der Waals surface area contributed by atoms with E-state index < -0.39 is 11.9 Å². The molecule has 2 aromatic rings. The summed E-state index contributed by atoms with van der Waals surface area (Å²) in [6.07, 6.45) is 1.45. The lowest BCUT2D eigenvalue weighted by atomic mass is 10.1. The van der Waals surface area contributed by atoms with E-state index in [0.717, 1.165) is 12.8 Å². The molecule has 1 unspecified atom stereocenters. The Labute approximate surface area is 115 Å². The van der Waals surface area contributed by atoms with Crippen molar-refractivity contribution in [2.24, 2.45) is 0 Å². The van der Waals surface area contributed by atoms with Gasteiger partial charge in [-0.05, 0) is 37.5 Å². The molecule has 20 heavy (non-hydrogen) atoms. The van der Waals surface area contributed by atoms with Crippen LogP contribution in [0, 0.1) is 5.82 Å². The Kier molecular flexibility index (Phi) is 3.40. The summed E-state index contributed by atoms with van der Waals surface area (Å²) in [6.45, 7) is 1.63. The number of aromatic nitrogens is 2. The maximum Gasteiger partial charge on any atom is 0.229 e. The zero-order valence-corrected chi connectivity index (χ0v) is 11.0. The smallest absolute Gasteiger partial charge is 0.229 e. The molecule has 1 aliphatic rings. The van der Waals surface area contributed by atoms with Gasteiger partial charge in [0.25, 0.3) is 0 Å². The summed E-state index contributed by atoms with van der Waals surface area (Å²) in [7, 11) is 0. The van der Waals surface area contributed by atoms with Gasteiger partial charge in [0, 0.05) is 5.92 Å². The minimum atomic E-state index is -0.711. The Hall–Kier alpha value is -1.95. The molecule has 1 atom stereocenters. The monoisotopic (exact) mass is 278 g/mol. The van der Waals surface area contributed by atoms with Gasteiger partial charge in [0.1, 0.15) is 0 Å². The second-order valence-electron chi connectivity index (χ2n) is 4.98. The highest BCUT2D eigenvalue weighted by Gasteiger charge is 2.29. The molecule has 0 bridgehead atoms. The first-order chi connectivity index (χ1) is 9.63. The van der Waals surface area contributed by atoms with E-state index in [9.17, 15) is 9.50 Å². The Morgan fingerprint density at radius 3 is 2.95 bits per heavy atom. The van der Waals surface area contributed by atoms with Gasteiger partial charge in [-0.2, -0.15) is 4.98 Å². The fourth-order valence-corrected chi connectivity index (χ4v) is 1.86. The van der Waals surface area contributed by atoms with Crippen molar-refractivity contribution in [3.8, 4) is 5.75 Å². The normalized spacial score (nSPS) is 16.1. The van der Waals surface area contributed by atoms with Crippen molar-refractivity contribution < 1.29 is 18.8 Å². The lowest BCUT2D eigenvalue weighted by molar-refractivity contribution is 0.198. The quantitative estimate of drug-likeness (QED) is 0.910. The minimum absolute atomic E-state index is 0.0567. The largest absolute Gasteiger partial charge is 0.482 e. The number of hydrogen-bond acceptors (Lipinski definition) is 5. The first kappa shape index (κ1) is 13.1. The number of hydrogen-bond donors (Lipinski definition) is 1. The average Bonchev–Trinajstić information content (AvgIpc) is 3.17. The fraction of sp³-hybridized carbons (Fsp3) is 0.429. The van der Waals surface area contributed by atoms with Crippen LogP contribution >= 0.6 is 0 Å². The van der Waals surface area contributed by atoms with Crippen molar-refractivity contribution in [2.75, 3.05) is 0 Å². The van der Waals surface area contributed by atoms with Crippen LogP contribution in [0.1, 0.15) is 49.1 Å². The fourth-order valence-electron chi connectivity index (χ4n) is 1.86. The van der Waals surface area contributed by atoms with Gasteiger partial charge in [-0.1, -0.05) is 11.2 Å². The van der Waals surface area contributed by atoms with Crippen molar-refractivity contribution >= 4 is 0 Å². The molecule has 6 heteroatoms. The maximum atomic E-state index is 13.8. The number of halogens is 1. The summed E-state index contributed by atoms with van der Waals surface area (Å²) < 4.78 is 24.2. The Morgan fingerprint density at radius 2 is 2.30 bits per heavy atom. The molecular formula is C14H15FN2O3. The zero-order valence-electron chi connectivity index (χ0n) is 11.0. The second-order valence-corrected chi connectivity index (χ2v) is 4.98. The summed E-state index contributed by atoms with van der Waals surface area (Å²) >= 11 is 0. The van der Waals surface area contributed by atoms with Crippen LogP contribution < -0.4 is 4.74 Å². The van der Waals surface area contributed by atoms with Crippen LogP contribution in [0.2, 0.25) is 0 Å². The molecule has 0 amide bonds. The topological polar surface area (TPSA) is 68.4 Å². The predicted octanol–water partition coefficient (Wildman–Crippen LogP) is 2.72. The predicted molar refractivity (Wildman–Crippen MR) is 67.6 cm³/mol. The highest BCUT2D eigenvalue weighted by atomic mass is 19.1. The molecule has 1 fully saturated rings. The van der Waals surface area contributed by atoms with E-state index in [1.165, 1.54) is 12.1 Å². The van der Waals surface area contributed by atoms with Crippen molar-refractivity contribution in [3.63, 3.8) is 0 Å². The molecule has 0 aliphatic heterocycles. The third-order valence-electron chi connectivity index (χ3n) is 3.21. The van der Waals surface area contributed by atoms with Crippen molar-refractivity contribution in [1.82, 2.24) is 10.1 Å². The summed E-state index contributed by atoms with van der Waals surface area (Å²) in [5.41, 5.74) is 0.505.